The molecule has 3 heterocycles. The zero-order valence-corrected chi connectivity index (χ0v) is 9.76. The van der Waals surface area contributed by atoms with Gasteiger partial charge in [0.2, 0.25) is 5.91 Å². The highest BCUT2D eigenvalue weighted by molar-refractivity contribution is 6.06. The maximum Gasteiger partial charge on any atom is 0.236 e. The molecule has 18 heavy (non-hydrogen) atoms. The molecule has 2 aromatic rings. The van der Waals surface area contributed by atoms with Crippen LogP contribution < -0.4 is 5.32 Å². The van der Waals surface area contributed by atoms with Gasteiger partial charge >= 0.3 is 0 Å². The third kappa shape index (κ3) is 1.08. The standard InChI is InChI=1S/C13H12N4O/c18-12-13(9-3-1-2-4-10(9)15-12)6-5-11-16-14-8-17(11)7-13/h1-4,8H,5-7H2,(H,15,18). The van der Waals surface area contributed by atoms with Gasteiger partial charge in [-0.2, -0.15) is 0 Å². The van der Waals surface area contributed by atoms with Crippen LogP contribution in [-0.4, -0.2) is 20.7 Å². The van der Waals surface area contributed by atoms with Crippen molar-refractivity contribution in [1.29, 1.82) is 0 Å². The van der Waals surface area contributed by atoms with Crippen LogP contribution in [0.1, 0.15) is 17.8 Å². The number of benzene rings is 1. The van der Waals surface area contributed by atoms with Crippen molar-refractivity contribution in [2.45, 2.75) is 24.8 Å². The van der Waals surface area contributed by atoms with Crippen molar-refractivity contribution in [3.63, 3.8) is 0 Å². The summed E-state index contributed by atoms with van der Waals surface area (Å²) in [5, 5.41) is 11.0. The molecule has 2 aliphatic heterocycles. The zero-order chi connectivity index (χ0) is 12.2. The highest BCUT2D eigenvalue weighted by Crippen LogP contribution is 2.43. The third-order valence-electron chi connectivity index (χ3n) is 4.04. The number of hydrogen-bond acceptors (Lipinski definition) is 3. The molecule has 1 unspecified atom stereocenters. The van der Waals surface area contributed by atoms with Gasteiger partial charge in [-0.15, -0.1) is 10.2 Å². The van der Waals surface area contributed by atoms with Crippen LogP contribution in [-0.2, 0) is 23.2 Å². The van der Waals surface area contributed by atoms with Gasteiger partial charge in [-0.25, -0.2) is 0 Å². The summed E-state index contributed by atoms with van der Waals surface area (Å²) in [6.07, 6.45) is 3.31. The number of nitrogens with one attached hydrogen (secondary N) is 1. The molecule has 0 fully saturated rings. The average molecular weight is 240 g/mol. The minimum atomic E-state index is -0.439. The molecule has 1 spiro atoms. The van der Waals surface area contributed by atoms with E-state index in [1.165, 1.54) is 0 Å². The van der Waals surface area contributed by atoms with Gasteiger partial charge in [0.05, 0.1) is 5.41 Å². The summed E-state index contributed by atoms with van der Waals surface area (Å²) in [7, 11) is 0. The van der Waals surface area contributed by atoms with Crippen molar-refractivity contribution < 1.29 is 4.79 Å². The lowest BCUT2D eigenvalue weighted by molar-refractivity contribution is -0.122. The number of aromatic nitrogens is 3. The molecule has 2 aliphatic rings. The normalized spacial score (nSPS) is 24.8. The van der Waals surface area contributed by atoms with Gasteiger partial charge in [0.1, 0.15) is 12.2 Å². The highest BCUT2D eigenvalue weighted by atomic mass is 16.2. The monoisotopic (exact) mass is 240 g/mol. The Morgan fingerprint density at radius 2 is 2.22 bits per heavy atom. The molecule has 1 atom stereocenters. The molecule has 0 saturated carbocycles. The molecular formula is C13H12N4O. The Labute approximate surface area is 104 Å². The quantitative estimate of drug-likeness (QED) is 0.750. The lowest BCUT2D eigenvalue weighted by Crippen LogP contribution is -2.42. The molecule has 1 N–H and O–H groups in total. The number of carbonyl (C=O) groups is 1. The molecule has 0 saturated heterocycles. The van der Waals surface area contributed by atoms with Crippen LogP contribution in [0.15, 0.2) is 30.6 Å². The van der Waals surface area contributed by atoms with E-state index in [0.717, 1.165) is 29.9 Å². The molecule has 5 heteroatoms. The van der Waals surface area contributed by atoms with E-state index >= 15 is 0 Å². The van der Waals surface area contributed by atoms with Gasteiger partial charge in [0.25, 0.3) is 0 Å². The summed E-state index contributed by atoms with van der Waals surface area (Å²) in [4.78, 5) is 12.4. The Kier molecular flexibility index (Phi) is 1.74. The topological polar surface area (TPSA) is 59.8 Å². The number of fused-ring (bicyclic) bond motifs is 3. The Balaban J connectivity index is 1.88. The number of carbonyl (C=O) groups excluding carboxylic acids is 1. The molecule has 0 aliphatic carbocycles. The summed E-state index contributed by atoms with van der Waals surface area (Å²) in [6, 6.07) is 7.94. The summed E-state index contributed by atoms with van der Waals surface area (Å²) in [5.74, 6) is 1.07. The fourth-order valence-corrected chi connectivity index (χ4v) is 3.08. The minimum absolute atomic E-state index is 0.100. The predicted octanol–water partition coefficient (Wildman–Crippen LogP) is 1.11. The van der Waals surface area contributed by atoms with Crippen LogP contribution in [0.25, 0.3) is 0 Å². The van der Waals surface area contributed by atoms with Crippen molar-refractivity contribution in [2.75, 3.05) is 5.32 Å². The number of hydrogen-bond donors (Lipinski definition) is 1. The smallest absolute Gasteiger partial charge is 0.236 e. The third-order valence-corrected chi connectivity index (χ3v) is 4.04. The van der Waals surface area contributed by atoms with Crippen molar-refractivity contribution >= 4 is 11.6 Å². The first-order valence-corrected chi connectivity index (χ1v) is 6.07. The maximum atomic E-state index is 12.4. The SMILES string of the molecule is O=C1Nc2ccccc2C12CCc1nncn1C2. The minimum Gasteiger partial charge on any atom is -0.325 e. The number of aryl methyl sites for hydroxylation is 1. The Bertz CT molecular complexity index is 648. The number of anilines is 1. The molecule has 1 aromatic carbocycles. The largest absolute Gasteiger partial charge is 0.325 e. The molecule has 0 bridgehead atoms. The molecule has 1 aromatic heterocycles. The molecular weight excluding hydrogens is 228 g/mol. The van der Waals surface area contributed by atoms with Crippen LogP contribution in [0.5, 0.6) is 0 Å². The van der Waals surface area contributed by atoms with E-state index in [9.17, 15) is 4.79 Å². The van der Waals surface area contributed by atoms with Crippen LogP contribution in [0.4, 0.5) is 5.69 Å². The first-order chi connectivity index (χ1) is 8.79. The fourth-order valence-electron chi connectivity index (χ4n) is 3.08. The molecule has 0 radical (unpaired) electrons. The summed E-state index contributed by atoms with van der Waals surface area (Å²) in [6.45, 7) is 0.637. The molecule has 1 amide bonds. The first kappa shape index (κ1) is 9.82. The van der Waals surface area contributed by atoms with Crippen molar-refractivity contribution in [3.05, 3.63) is 42.0 Å². The summed E-state index contributed by atoms with van der Waals surface area (Å²) >= 11 is 0. The summed E-state index contributed by atoms with van der Waals surface area (Å²) < 4.78 is 1.99. The van der Waals surface area contributed by atoms with E-state index < -0.39 is 5.41 Å². The summed E-state index contributed by atoms with van der Waals surface area (Å²) in [5.41, 5.74) is 1.61. The Hall–Kier alpha value is -2.17. The second-order valence-corrected chi connectivity index (χ2v) is 4.96. The van der Waals surface area contributed by atoms with E-state index in [2.05, 4.69) is 15.5 Å². The van der Waals surface area contributed by atoms with E-state index in [-0.39, 0.29) is 5.91 Å². The molecule has 4 rings (SSSR count). The van der Waals surface area contributed by atoms with Crippen LogP contribution in [0, 0.1) is 0 Å². The van der Waals surface area contributed by atoms with Crippen LogP contribution in [0.2, 0.25) is 0 Å². The van der Waals surface area contributed by atoms with Crippen molar-refractivity contribution in [2.24, 2.45) is 0 Å². The highest BCUT2D eigenvalue weighted by Gasteiger charge is 2.48. The van der Waals surface area contributed by atoms with Gasteiger partial charge in [-0.05, 0) is 18.1 Å². The average Bonchev–Trinajstić information content (AvgIpc) is 2.95. The molecule has 5 nitrogen and oxygen atoms in total. The molecule has 90 valence electrons. The van der Waals surface area contributed by atoms with Gasteiger partial charge in [-0.3, -0.25) is 4.79 Å². The second kappa shape index (κ2) is 3.19. The van der Waals surface area contributed by atoms with E-state index in [0.29, 0.717) is 6.54 Å². The lowest BCUT2D eigenvalue weighted by Gasteiger charge is -2.31. The lowest BCUT2D eigenvalue weighted by atomic mass is 9.76. The van der Waals surface area contributed by atoms with E-state index in [1.54, 1.807) is 6.33 Å². The van der Waals surface area contributed by atoms with E-state index in [4.69, 9.17) is 0 Å². The van der Waals surface area contributed by atoms with Gasteiger partial charge in [-0.1, -0.05) is 18.2 Å². The van der Waals surface area contributed by atoms with Crippen molar-refractivity contribution in [1.82, 2.24) is 14.8 Å². The number of para-hydroxylation sites is 1. The second-order valence-electron chi connectivity index (χ2n) is 4.96. The van der Waals surface area contributed by atoms with E-state index in [1.807, 2.05) is 28.8 Å². The fraction of sp³-hybridized carbons (Fsp3) is 0.308. The maximum absolute atomic E-state index is 12.4. The Morgan fingerprint density at radius 1 is 1.33 bits per heavy atom. The van der Waals surface area contributed by atoms with Crippen molar-refractivity contribution in [3.8, 4) is 0 Å². The predicted molar refractivity (Wildman–Crippen MR) is 65.1 cm³/mol. The number of nitrogens with zero attached hydrogens (tertiary/aromatic N) is 3. The van der Waals surface area contributed by atoms with Crippen LogP contribution in [0.3, 0.4) is 0 Å². The Morgan fingerprint density at radius 3 is 3.17 bits per heavy atom. The van der Waals surface area contributed by atoms with Gasteiger partial charge < -0.3 is 9.88 Å². The first-order valence-electron chi connectivity index (χ1n) is 6.07. The zero-order valence-electron chi connectivity index (χ0n) is 9.76. The number of amides is 1. The van der Waals surface area contributed by atoms with Gasteiger partial charge in [0, 0.05) is 18.7 Å². The van der Waals surface area contributed by atoms with Crippen LogP contribution >= 0.6 is 0 Å². The number of rotatable bonds is 0. The van der Waals surface area contributed by atoms with Gasteiger partial charge in [0.15, 0.2) is 0 Å².